The van der Waals surface area contributed by atoms with Crippen LogP contribution in [0.25, 0.3) is 0 Å². The lowest BCUT2D eigenvalue weighted by molar-refractivity contribution is 0.573. The molecular weight excluding hydrogens is 284 g/mol. The Morgan fingerprint density at radius 2 is 2.12 bits per heavy atom. The van der Waals surface area contributed by atoms with E-state index in [1.54, 1.807) is 11.3 Å². The van der Waals surface area contributed by atoms with Gasteiger partial charge in [0, 0.05) is 28.6 Å². The minimum absolute atomic E-state index is 0.344. The first-order chi connectivity index (χ1) is 7.75. The van der Waals surface area contributed by atoms with Gasteiger partial charge >= 0.3 is 0 Å². The van der Waals surface area contributed by atoms with Crippen molar-refractivity contribution in [1.82, 2.24) is 10.3 Å². The molecule has 0 bridgehead atoms. The summed E-state index contributed by atoms with van der Waals surface area (Å²) in [6.45, 7) is 2.99. The van der Waals surface area contributed by atoms with Crippen LogP contribution in [-0.2, 0) is 6.54 Å². The molecule has 0 aliphatic rings. The number of nitrogens with zero attached hydrogens (tertiary/aromatic N) is 1. The second-order valence-corrected chi connectivity index (χ2v) is 5.47. The maximum atomic E-state index is 4.24. The van der Waals surface area contributed by atoms with Crippen LogP contribution in [0.3, 0.4) is 0 Å². The van der Waals surface area contributed by atoms with Crippen LogP contribution in [0.5, 0.6) is 0 Å². The second-order valence-electron chi connectivity index (χ2n) is 3.58. The molecule has 0 unspecified atom stereocenters. The van der Waals surface area contributed by atoms with E-state index in [9.17, 15) is 0 Å². The number of thiazole rings is 1. The molecule has 1 atom stereocenters. The molecule has 0 radical (unpaired) electrons. The third-order valence-electron chi connectivity index (χ3n) is 2.41. The number of hydrogen-bond acceptors (Lipinski definition) is 3. The number of rotatable bonds is 4. The monoisotopic (exact) mass is 296 g/mol. The quantitative estimate of drug-likeness (QED) is 0.929. The lowest BCUT2D eigenvalue weighted by Crippen LogP contribution is -2.17. The molecule has 0 spiro atoms. The van der Waals surface area contributed by atoms with Gasteiger partial charge in [-0.25, -0.2) is 4.98 Å². The summed E-state index contributed by atoms with van der Waals surface area (Å²) in [6, 6.07) is 8.73. The van der Waals surface area contributed by atoms with Crippen molar-refractivity contribution in [3.8, 4) is 0 Å². The van der Waals surface area contributed by atoms with Crippen molar-refractivity contribution in [3.05, 3.63) is 50.9 Å². The molecule has 0 aliphatic carbocycles. The van der Waals surface area contributed by atoms with E-state index in [-0.39, 0.29) is 0 Å². The predicted octanol–water partition coefficient (Wildman–Crippen LogP) is 3.76. The molecule has 0 aliphatic heterocycles. The van der Waals surface area contributed by atoms with Crippen LogP contribution in [0.15, 0.2) is 40.3 Å². The zero-order chi connectivity index (χ0) is 11.4. The van der Waals surface area contributed by atoms with E-state index in [4.69, 9.17) is 0 Å². The standard InChI is InChI=1S/C12H13BrN2S/c1-9(10-2-4-11(13)5-3-10)15-8-12-14-6-7-16-12/h2-7,9,15H,8H2,1H3/t9-/m0/s1. The van der Waals surface area contributed by atoms with E-state index < -0.39 is 0 Å². The average molecular weight is 297 g/mol. The Balaban J connectivity index is 1.93. The van der Waals surface area contributed by atoms with Gasteiger partial charge in [-0.05, 0) is 24.6 Å². The topological polar surface area (TPSA) is 24.9 Å². The van der Waals surface area contributed by atoms with Crippen molar-refractivity contribution < 1.29 is 0 Å². The van der Waals surface area contributed by atoms with Crippen LogP contribution in [0.4, 0.5) is 0 Å². The summed E-state index contributed by atoms with van der Waals surface area (Å²) in [5.41, 5.74) is 1.29. The maximum Gasteiger partial charge on any atom is 0.106 e. The highest BCUT2D eigenvalue weighted by molar-refractivity contribution is 9.10. The Morgan fingerprint density at radius 1 is 1.38 bits per heavy atom. The zero-order valence-electron chi connectivity index (χ0n) is 8.98. The Hall–Kier alpha value is -0.710. The van der Waals surface area contributed by atoms with Crippen molar-refractivity contribution >= 4 is 27.3 Å². The summed E-state index contributed by atoms with van der Waals surface area (Å²) >= 11 is 5.12. The first-order valence-electron chi connectivity index (χ1n) is 5.13. The average Bonchev–Trinajstić information content (AvgIpc) is 2.80. The van der Waals surface area contributed by atoms with Crippen LogP contribution in [0.2, 0.25) is 0 Å². The SMILES string of the molecule is C[C@H](NCc1nccs1)c1ccc(Br)cc1. The third kappa shape index (κ3) is 3.14. The summed E-state index contributed by atoms with van der Waals surface area (Å²) in [6.07, 6.45) is 1.84. The van der Waals surface area contributed by atoms with Crippen LogP contribution in [0, 0.1) is 0 Å². The first-order valence-corrected chi connectivity index (χ1v) is 6.80. The van der Waals surface area contributed by atoms with Crippen molar-refractivity contribution in [2.75, 3.05) is 0 Å². The number of halogens is 1. The Labute approximate surface area is 108 Å². The van der Waals surface area contributed by atoms with Gasteiger partial charge in [-0.2, -0.15) is 0 Å². The van der Waals surface area contributed by atoms with Crippen molar-refractivity contribution in [3.63, 3.8) is 0 Å². The molecule has 2 aromatic rings. The summed E-state index contributed by atoms with van der Waals surface area (Å²) in [5, 5.41) is 6.58. The van der Waals surface area contributed by atoms with Gasteiger partial charge in [-0.15, -0.1) is 11.3 Å². The van der Waals surface area contributed by atoms with Gasteiger partial charge in [0.05, 0.1) is 0 Å². The van der Waals surface area contributed by atoms with Crippen molar-refractivity contribution in [2.24, 2.45) is 0 Å². The molecule has 1 heterocycles. The van der Waals surface area contributed by atoms with E-state index in [2.05, 4.69) is 57.4 Å². The van der Waals surface area contributed by atoms with Gasteiger partial charge in [0.15, 0.2) is 0 Å². The molecular formula is C12H13BrN2S. The second kappa shape index (κ2) is 5.57. The van der Waals surface area contributed by atoms with Gasteiger partial charge in [-0.1, -0.05) is 28.1 Å². The number of benzene rings is 1. The number of aromatic nitrogens is 1. The summed E-state index contributed by atoms with van der Waals surface area (Å²) in [7, 11) is 0. The van der Waals surface area contributed by atoms with Gasteiger partial charge in [0.2, 0.25) is 0 Å². The van der Waals surface area contributed by atoms with Gasteiger partial charge in [0.1, 0.15) is 5.01 Å². The zero-order valence-corrected chi connectivity index (χ0v) is 11.4. The fourth-order valence-electron chi connectivity index (χ4n) is 1.45. The highest BCUT2D eigenvalue weighted by atomic mass is 79.9. The lowest BCUT2D eigenvalue weighted by Gasteiger charge is -2.13. The Kier molecular flexibility index (Phi) is 4.09. The minimum atomic E-state index is 0.344. The highest BCUT2D eigenvalue weighted by Crippen LogP contribution is 2.17. The fraction of sp³-hybridized carbons (Fsp3) is 0.250. The lowest BCUT2D eigenvalue weighted by atomic mass is 10.1. The van der Waals surface area contributed by atoms with E-state index in [0.717, 1.165) is 16.0 Å². The molecule has 2 rings (SSSR count). The van der Waals surface area contributed by atoms with E-state index in [0.29, 0.717) is 6.04 Å². The van der Waals surface area contributed by atoms with Crippen LogP contribution in [0.1, 0.15) is 23.5 Å². The van der Waals surface area contributed by atoms with Gasteiger partial charge in [0.25, 0.3) is 0 Å². The summed E-state index contributed by atoms with van der Waals surface area (Å²) in [5.74, 6) is 0. The van der Waals surface area contributed by atoms with Crippen LogP contribution < -0.4 is 5.32 Å². The minimum Gasteiger partial charge on any atom is -0.304 e. The smallest absolute Gasteiger partial charge is 0.106 e. The molecule has 1 N–H and O–H groups in total. The highest BCUT2D eigenvalue weighted by Gasteiger charge is 2.05. The first kappa shape index (κ1) is 11.8. The maximum absolute atomic E-state index is 4.24. The molecule has 1 aromatic carbocycles. The van der Waals surface area contributed by atoms with Gasteiger partial charge in [-0.3, -0.25) is 0 Å². The number of hydrogen-bond donors (Lipinski definition) is 1. The van der Waals surface area contributed by atoms with E-state index in [1.165, 1.54) is 5.56 Å². The van der Waals surface area contributed by atoms with E-state index in [1.807, 2.05) is 11.6 Å². The third-order valence-corrected chi connectivity index (χ3v) is 3.72. The van der Waals surface area contributed by atoms with Crippen LogP contribution >= 0.6 is 27.3 Å². The molecule has 4 heteroatoms. The normalized spacial score (nSPS) is 12.6. The molecule has 0 saturated carbocycles. The van der Waals surface area contributed by atoms with E-state index >= 15 is 0 Å². The van der Waals surface area contributed by atoms with Crippen LogP contribution in [-0.4, -0.2) is 4.98 Å². The molecule has 0 amide bonds. The Bertz CT molecular complexity index is 425. The Morgan fingerprint density at radius 3 is 2.75 bits per heavy atom. The molecule has 0 saturated heterocycles. The van der Waals surface area contributed by atoms with Crippen molar-refractivity contribution in [2.45, 2.75) is 19.5 Å². The largest absolute Gasteiger partial charge is 0.304 e. The molecule has 0 fully saturated rings. The molecule has 84 valence electrons. The predicted molar refractivity (Wildman–Crippen MR) is 71.5 cm³/mol. The summed E-state index contributed by atoms with van der Waals surface area (Å²) in [4.78, 5) is 4.24. The van der Waals surface area contributed by atoms with Crippen molar-refractivity contribution in [1.29, 1.82) is 0 Å². The molecule has 2 nitrogen and oxygen atoms in total. The molecule has 1 aromatic heterocycles. The summed E-state index contributed by atoms with van der Waals surface area (Å²) < 4.78 is 1.11. The number of nitrogens with one attached hydrogen (secondary N) is 1. The fourth-order valence-corrected chi connectivity index (χ4v) is 2.28. The molecule has 16 heavy (non-hydrogen) atoms. The van der Waals surface area contributed by atoms with Gasteiger partial charge < -0.3 is 5.32 Å².